The Kier molecular flexibility index (Phi) is 2.79. The van der Waals surface area contributed by atoms with Gasteiger partial charge in [0.1, 0.15) is 0 Å². The Morgan fingerprint density at radius 2 is 1.70 bits per heavy atom. The first-order valence-electron chi connectivity index (χ1n) is 6.99. The molecule has 1 aliphatic rings. The molecule has 5 heteroatoms. The summed E-state index contributed by atoms with van der Waals surface area (Å²) in [6, 6.07) is 4.22. The summed E-state index contributed by atoms with van der Waals surface area (Å²) in [7, 11) is 1.59. The Morgan fingerprint density at radius 1 is 1.10 bits per heavy atom. The minimum atomic E-state index is -0.341. The lowest BCUT2D eigenvalue weighted by Gasteiger charge is -2.32. The van der Waals surface area contributed by atoms with Crippen molar-refractivity contribution >= 4 is 23.5 Å². The first-order chi connectivity index (χ1) is 9.19. The maximum Gasteiger partial charge on any atom is 0.495 e. The molecule has 1 aromatic carbocycles. The number of hydrogen-bond acceptors (Lipinski definition) is 3. The van der Waals surface area contributed by atoms with Crippen LogP contribution in [-0.2, 0) is 16.4 Å². The lowest BCUT2D eigenvalue weighted by atomic mass is 9.76. The van der Waals surface area contributed by atoms with Crippen LogP contribution < -0.4 is 5.46 Å². The standard InChI is InChI=1S/C15H21BN2O2/c1-10-7-12(11-9-18(6)17-13(11)8-10)16-19-14(2,3)15(4,5)20-16/h7-9H,1-6H3. The van der Waals surface area contributed by atoms with Gasteiger partial charge in [0, 0.05) is 18.6 Å². The molecule has 0 bridgehead atoms. The van der Waals surface area contributed by atoms with Gasteiger partial charge < -0.3 is 9.31 Å². The van der Waals surface area contributed by atoms with E-state index in [1.165, 1.54) is 5.56 Å². The second kappa shape index (κ2) is 4.09. The van der Waals surface area contributed by atoms with Crippen LogP contribution in [0, 0.1) is 6.92 Å². The van der Waals surface area contributed by atoms with E-state index in [0.29, 0.717) is 0 Å². The molecule has 0 unspecified atom stereocenters. The molecule has 20 heavy (non-hydrogen) atoms. The average Bonchev–Trinajstić information content (AvgIpc) is 2.75. The number of rotatable bonds is 1. The van der Waals surface area contributed by atoms with E-state index in [-0.39, 0.29) is 18.3 Å². The Labute approximate surface area is 120 Å². The molecule has 2 heterocycles. The summed E-state index contributed by atoms with van der Waals surface area (Å²) < 4.78 is 14.2. The molecule has 3 rings (SSSR count). The van der Waals surface area contributed by atoms with E-state index in [9.17, 15) is 0 Å². The van der Waals surface area contributed by atoms with Crippen molar-refractivity contribution in [3.05, 3.63) is 23.9 Å². The molecule has 2 aromatic rings. The maximum absolute atomic E-state index is 6.16. The highest BCUT2D eigenvalue weighted by Gasteiger charge is 2.52. The number of aromatic nitrogens is 2. The monoisotopic (exact) mass is 272 g/mol. The Balaban J connectivity index is 2.12. The van der Waals surface area contributed by atoms with Gasteiger partial charge >= 0.3 is 7.12 Å². The normalized spacial score (nSPS) is 20.8. The van der Waals surface area contributed by atoms with Gasteiger partial charge in [0.2, 0.25) is 0 Å². The zero-order chi connectivity index (χ0) is 14.7. The lowest BCUT2D eigenvalue weighted by Crippen LogP contribution is -2.41. The second-order valence-electron chi connectivity index (χ2n) is 6.68. The molecule has 4 nitrogen and oxygen atoms in total. The van der Waals surface area contributed by atoms with Gasteiger partial charge in [-0.25, -0.2) is 0 Å². The highest BCUT2D eigenvalue weighted by atomic mass is 16.7. The molecule has 0 N–H and O–H groups in total. The number of hydrogen-bond donors (Lipinski definition) is 0. The number of nitrogens with zero attached hydrogens (tertiary/aromatic N) is 2. The molecule has 0 aliphatic carbocycles. The van der Waals surface area contributed by atoms with Gasteiger partial charge in [-0.05, 0) is 51.7 Å². The summed E-state index contributed by atoms with van der Waals surface area (Å²) in [4.78, 5) is 0. The lowest BCUT2D eigenvalue weighted by molar-refractivity contribution is 0.00578. The molecule has 1 aliphatic heterocycles. The fourth-order valence-electron chi connectivity index (χ4n) is 2.58. The average molecular weight is 272 g/mol. The van der Waals surface area contributed by atoms with Crippen LogP contribution in [0.5, 0.6) is 0 Å². The van der Waals surface area contributed by atoms with Crippen LogP contribution in [0.2, 0.25) is 0 Å². The Morgan fingerprint density at radius 3 is 2.30 bits per heavy atom. The molecule has 0 atom stereocenters. The van der Waals surface area contributed by atoms with Crippen LogP contribution in [-0.4, -0.2) is 28.1 Å². The fraction of sp³-hybridized carbons (Fsp3) is 0.533. The van der Waals surface area contributed by atoms with E-state index in [2.05, 4.69) is 51.9 Å². The smallest absolute Gasteiger partial charge is 0.399 e. The van der Waals surface area contributed by atoms with Crippen molar-refractivity contribution < 1.29 is 9.31 Å². The molecule has 0 saturated carbocycles. The summed E-state index contributed by atoms with van der Waals surface area (Å²) in [5, 5.41) is 5.58. The van der Waals surface area contributed by atoms with Crippen LogP contribution in [0.4, 0.5) is 0 Å². The largest absolute Gasteiger partial charge is 0.495 e. The van der Waals surface area contributed by atoms with Crippen molar-refractivity contribution in [3.63, 3.8) is 0 Å². The van der Waals surface area contributed by atoms with Gasteiger partial charge in [-0.3, -0.25) is 4.68 Å². The molecular formula is C15H21BN2O2. The maximum atomic E-state index is 6.16. The molecule has 106 valence electrons. The molecule has 0 radical (unpaired) electrons. The molecule has 0 spiro atoms. The van der Waals surface area contributed by atoms with Crippen LogP contribution in [0.1, 0.15) is 33.3 Å². The molecular weight excluding hydrogens is 251 g/mol. The van der Waals surface area contributed by atoms with Crippen LogP contribution in [0.3, 0.4) is 0 Å². The van der Waals surface area contributed by atoms with E-state index < -0.39 is 0 Å². The predicted molar refractivity (Wildman–Crippen MR) is 81.2 cm³/mol. The van der Waals surface area contributed by atoms with Crippen LogP contribution in [0.15, 0.2) is 18.3 Å². The summed E-state index contributed by atoms with van der Waals surface area (Å²) >= 11 is 0. The van der Waals surface area contributed by atoms with Crippen molar-refractivity contribution in [2.75, 3.05) is 0 Å². The van der Waals surface area contributed by atoms with Crippen LogP contribution in [0.25, 0.3) is 10.9 Å². The van der Waals surface area contributed by atoms with Gasteiger partial charge in [-0.2, -0.15) is 5.10 Å². The van der Waals surface area contributed by atoms with E-state index in [1.807, 2.05) is 17.9 Å². The predicted octanol–water partition coefficient (Wildman–Crippen LogP) is 2.18. The first kappa shape index (κ1) is 13.6. The second-order valence-corrected chi connectivity index (χ2v) is 6.68. The zero-order valence-electron chi connectivity index (χ0n) is 13.0. The van der Waals surface area contributed by atoms with Crippen molar-refractivity contribution in [1.29, 1.82) is 0 Å². The summed E-state index contributed by atoms with van der Waals surface area (Å²) in [6.45, 7) is 10.4. The van der Waals surface area contributed by atoms with Gasteiger partial charge in [-0.1, -0.05) is 6.07 Å². The third kappa shape index (κ3) is 1.96. The number of benzene rings is 1. The highest BCUT2D eigenvalue weighted by molar-refractivity contribution is 6.65. The van der Waals surface area contributed by atoms with Crippen LogP contribution >= 0.6 is 0 Å². The topological polar surface area (TPSA) is 36.3 Å². The molecule has 0 amide bonds. The Bertz CT molecular complexity index is 660. The van der Waals surface area contributed by atoms with E-state index in [4.69, 9.17) is 9.31 Å². The van der Waals surface area contributed by atoms with Gasteiger partial charge in [0.05, 0.1) is 16.7 Å². The quantitative estimate of drug-likeness (QED) is 0.746. The fourth-order valence-corrected chi connectivity index (χ4v) is 2.58. The highest BCUT2D eigenvalue weighted by Crippen LogP contribution is 2.37. The molecule has 1 fully saturated rings. The van der Waals surface area contributed by atoms with Gasteiger partial charge in [0.15, 0.2) is 0 Å². The zero-order valence-corrected chi connectivity index (χ0v) is 13.0. The number of aryl methyl sites for hydroxylation is 2. The molecule has 1 saturated heterocycles. The van der Waals surface area contributed by atoms with Crippen molar-refractivity contribution in [2.45, 2.75) is 45.8 Å². The van der Waals surface area contributed by atoms with Crippen molar-refractivity contribution in [1.82, 2.24) is 9.78 Å². The molecule has 1 aromatic heterocycles. The van der Waals surface area contributed by atoms with Gasteiger partial charge in [-0.15, -0.1) is 0 Å². The number of fused-ring (bicyclic) bond motifs is 1. The van der Waals surface area contributed by atoms with Crippen molar-refractivity contribution in [3.8, 4) is 0 Å². The minimum absolute atomic E-state index is 0.323. The van der Waals surface area contributed by atoms with E-state index >= 15 is 0 Å². The van der Waals surface area contributed by atoms with Gasteiger partial charge in [0.25, 0.3) is 0 Å². The summed E-state index contributed by atoms with van der Waals surface area (Å²) in [5.74, 6) is 0. The first-order valence-corrected chi connectivity index (χ1v) is 6.99. The van der Waals surface area contributed by atoms with E-state index in [1.54, 1.807) is 0 Å². The summed E-state index contributed by atoms with van der Waals surface area (Å²) in [5.41, 5.74) is 2.57. The SMILES string of the molecule is Cc1cc(B2OC(C)(C)C(C)(C)O2)c2cn(C)nc2c1. The van der Waals surface area contributed by atoms with Crippen molar-refractivity contribution in [2.24, 2.45) is 7.05 Å². The Hall–Kier alpha value is -1.33. The minimum Gasteiger partial charge on any atom is -0.399 e. The third-order valence-corrected chi connectivity index (χ3v) is 4.42. The summed E-state index contributed by atoms with van der Waals surface area (Å²) in [6.07, 6.45) is 2.02. The third-order valence-electron chi connectivity index (χ3n) is 4.42. The van der Waals surface area contributed by atoms with E-state index in [0.717, 1.165) is 16.4 Å².